The number of pyridine rings is 2. The highest BCUT2D eigenvalue weighted by atomic mass is 16.5. The lowest BCUT2D eigenvalue weighted by Gasteiger charge is -2.28. The van der Waals surface area contributed by atoms with E-state index in [0.717, 1.165) is 48.9 Å². The lowest BCUT2D eigenvalue weighted by molar-refractivity contribution is 0.122. The predicted molar refractivity (Wildman–Crippen MR) is 125 cm³/mol. The number of hydrogen-bond acceptors (Lipinski definition) is 8. The van der Waals surface area contributed by atoms with Crippen molar-refractivity contribution in [3.63, 3.8) is 0 Å². The van der Waals surface area contributed by atoms with E-state index in [9.17, 15) is 0 Å². The summed E-state index contributed by atoms with van der Waals surface area (Å²) in [7, 11) is 0. The van der Waals surface area contributed by atoms with Crippen LogP contribution in [0.4, 0.5) is 29.1 Å². The zero-order chi connectivity index (χ0) is 21.8. The normalized spacial score (nSPS) is 14.0. The molecular weight excluding hydrogens is 404 g/mol. The molecule has 0 atom stereocenters. The summed E-state index contributed by atoms with van der Waals surface area (Å²) in [6, 6.07) is 10.0. The Bertz CT molecular complexity index is 1200. The molecule has 164 valence electrons. The van der Waals surface area contributed by atoms with Gasteiger partial charge in [-0.3, -0.25) is 0 Å². The summed E-state index contributed by atoms with van der Waals surface area (Å²) in [6.07, 6.45) is 9.58. The molecular formula is C23H26N8O. The average Bonchev–Trinajstić information content (AvgIpc) is 3.28. The summed E-state index contributed by atoms with van der Waals surface area (Å²) < 4.78 is 7.47. The van der Waals surface area contributed by atoms with Gasteiger partial charge in [-0.2, -0.15) is 9.97 Å². The van der Waals surface area contributed by atoms with E-state index in [4.69, 9.17) is 14.7 Å². The monoisotopic (exact) mass is 430 g/mol. The largest absolute Gasteiger partial charge is 0.378 e. The van der Waals surface area contributed by atoms with Gasteiger partial charge in [-0.1, -0.05) is 13.3 Å². The quantitative estimate of drug-likeness (QED) is 0.457. The van der Waals surface area contributed by atoms with E-state index in [2.05, 4.69) is 32.4 Å². The predicted octanol–water partition coefficient (Wildman–Crippen LogP) is 3.80. The van der Waals surface area contributed by atoms with Crippen molar-refractivity contribution in [1.29, 1.82) is 0 Å². The molecule has 0 radical (unpaired) electrons. The maximum atomic E-state index is 5.51. The summed E-state index contributed by atoms with van der Waals surface area (Å²) in [4.78, 5) is 20.5. The second-order valence-corrected chi connectivity index (χ2v) is 7.69. The summed E-state index contributed by atoms with van der Waals surface area (Å²) >= 11 is 0. The Labute approximate surface area is 186 Å². The fraction of sp³-hybridized carbons (Fsp3) is 0.304. The van der Waals surface area contributed by atoms with Gasteiger partial charge >= 0.3 is 0 Å². The van der Waals surface area contributed by atoms with Crippen molar-refractivity contribution in [2.75, 3.05) is 41.8 Å². The lowest BCUT2D eigenvalue weighted by Crippen LogP contribution is -2.36. The molecule has 1 aliphatic heterocycles. The van der Waals surface area contributed by atoms with Gasteiger partial charge in [-0.25, -0.2) is 9.97 Å². The van der Waals surface area contributed by atoms with Gasteiger partial charge in [0.05, 0.1) is 13.2 Å². The molecule has 0 aliphatic carbocycles. The van der Waals surface area contributed by atoms with Crippen LogP contribution in [-0.4, -0.2) is 50.6 Å². The number of anilines is 5. The van der Waals surface area contributed by atoms with Crippen LogP contribution in [0.2, 0.25) is 0 Å². The molecule has 5 heterocycles. The van der Waals surface area contributed by atoms with Gasteiger partial charge in [-0.05, 0) is 30.2 Å². The minimum Gasteiger partial charge on any atom is -0.378 e. The van der Waals surface area contributed by atoms with E-state index in [-0.39, 0.29) is 0 Å². The molecule has 0 unspecified atom stereocenters. The summed E-state index contributed by atoms with van der Waals surface area (Å²) in [5, 5.41) is 6.69. The van der Waals surface area contributed by atoms with Crippen LogP contribution in [0.5, 0.6) is 0 Å². The fourth-order valence-electron chi connectivity index (χ4n) is 3.75. The molecule has 0 aromatic carbocycles. The highest BCUT2D eigenvalue weighted by Crippen LogP contribution is 2.24. The minimum atomic E-state index is 0.500. The molecule has 0 amide bonds. The van der Waals surface area contributed by atoms with E-state index in [1.54, 1.807) is 6.20 Å². The molecule has 0 bridgehead atoms. The smallest absolute Gasteiger partial charge is 0.232 e. The first-order valence-electron chi connectivity index (χ1n) is 10.9. The Hall–Kier alpha value is -3.72. The Kier molecular flexibility index (Phi) is 5.80. The highest BCUT2D eigenvalue weighted by molar-refractivity contribution is 5.65. The molecule has 4 aromatic rings. The summed E-state index contributed by atoms with van der Waals surface area (Å²) in [6.45, 7) is 5.13. The van der Waals surface area contributed by atoms with Crippen molar-refractivity contribution in [3.8, 4) is 0 Å². The first kappa shape index (κ1) is 20.2. The Morgan fingerprint density at radius 2 is 1.84 bits per heavy atom. The summed E-state index contributed by atoms with van der Waals surface area (Å²) in [5.41, 5.74) is 3.01. The first-order valence-corrected chi connectivity index (χ1v) is 10.9. The van der Waals surface area contributed by atoms with Crippen molar-refractivity contribution < 1.29 is 4.74 Å². The van der Waals surface area contributed by atoms with Crippen molar-refractivity contribution >= 4 is 34.7 Å². The van der Waals surface area contributed by atoms with Gasteiger partial charge < -0.3 is 24.7 Å². The number of ether oxygens (including phenoxy) is 1. The number of nitrogens with one attached hydrogen (secondary N) is 2. The van der Waals surface area contributed by atoms with Gasteiger partial charge in [-0.15, -0.1) is 0 Å². The third kappa shape index (κ3) is 4.62. The average molecular weight is 431 g/mol. The zero-order valence-corrected chi connectivity index (χ0v) is 18.0. The van der Waals surface area contributed by atoms with Gasteiger partial charge in [0.15, 0.2) is 0 Å². The second kappa shape index (κ2) is 9.19. The molecule has 1 fully saturated rings. The number of hydrogen-bond donors (Lipinski definition) is 2. The van der Waals surface area contributed by atoms with Crippen LogP contribution in [0, 0.1) is 0 Å². The minimum absolute atomic E-state index is 0.500. The van der Waals surface area contributed by atoms with Crippen LogP contribution in [0.3, 0.4) is 0 Å². The van der Waals surface area contributed by atoms with E-state index in [1.807, 2.05) is 53.3 Å². The van der Waals surface area contributed by atoms with Crippen molar-refractivity contribution in [1.82, 2.24) is 24.3 Å². The maximum Gasteiger partial charge on any atom is 0.232 e. The van der Waals surface area contributed by atoms with Crippen LogP contribution in [0.15, 0.2) is 55.1 Å². The maximum absolute atomic E-state index is 5.51. The molecule has 32 heavy (non-hydrogen) atoms. The number of morpholine rings is 1. The third-order valence-corrected chi connectivity index (χ3v) is 5.32. The number of imidazole rings is 1. The first-order chi connectivity index (χ1) is 15.8. The van der Waals surface area contributed by atoms with Crippen LogP contribution < -0.4 is 15.5 Å². The molecule has 5 rings (SSSR count). The molecule has 1 saturated heterocycles. The lowest BCUT2D eigenvalue weighted by atomic mass is 10.1. The molecule has 9 nitrogen and oxygen atoms in total. The number of nitrogens with zero attached hydrogens (tertiary/aromatic N) is 6. The van der Waals surface area contributed by atoms with E-state index in [1.165, 1.54) is 5.56 Å². The Balaban J connectivity index is 1.45. The van der Waals surface area contributed by atoms with Crippen molar-refractivity contribution in [3.05, 3.63) is 60.7 Å². The highest BCUT2D eigenvalue weighted by Gasteiger charge is 2.16. The van der Waals surface area contributed by atoms with Crippen LogP contribution in [0.1, 0.15) is 18.9 Å². The van der Waals surface area contributed by atoms with E-state index < -0.39 is 0 Å². The molecule has 0 spiro atoms. The topological polar surface area (TPSA) is 92.5 Å². The van der Waals surface area contributed by atoms with Crippen LogP contribution in [0.25, 0.3) is 5.65 Å². The molecule has 2 N–H and O–H groups in total. The standard InChI is InChI=1S/C23H26N8O/c1-2-3-17-4-6-24-19(14-17)27-23-28-20(16-22(29-23)31-10-12-32-13-11-31)26-18-5-8-30-9-7-25-21(30)15-18/h4-9,14-16H,2-3,10-13H2,1H3,(H2,24,26,27,28,29). The third-order valence-electron chi connectivity index (χ3n) is 5.32. The van der Waals surface area contributed by atoms with Gasteiger partial charge in [0, 0.05) is 55.7 Å². The summed E-state index contributed by atoms with van der Waals surface area (Å²) in [5.74, 6) is 2.78. The number of aryl methyl sites for hydroxylation is 1. The van der Waals surface area contributed by atoms with Crippen LogP contribution >= 0.6 is 0 Å². The zero-order valence-electron chi connectivity index (χ0n) is 18.0. The Morgan fingerprint density at radius 1 is 0.938 bits per heavy atom. The van der Waals surface area contributed by atoms with E-state index in [0.29, 0.717) is 25.0 Å². The fourth-order valence-corrected chi connectivity index (χ4v) is 3.75. The molecule has 0 saturated carbocycles. The SMILES string of the molecule is CCCc1ccnc(Nc2nc(Nc3ccn4ccnc4c3)cc(N3CCOCC3)n2)c1. The van der Waals surface area contributed by atoms with Gasteiger partial charge in [0.1, 0.15) is 23.1 Å². The van der Waals surface area contributed by atoms with Crippen molar-refractivity contribution in [2.45, 2.75) is 19.8 Å². The number of aromatic nitrogens is 5. The van der Waals surface area contributed by atoms with Crippen LogP contribution in [-0.2, 0) is 11.2 Å². The van der Waals surface area contributed by atoms with Gasteiger partial charge in [0.25, 0.3) is 0 Å². The van der Waals surface area contributed by atoms with Crippen molar-refractivity contribution in [2.24, 2.45) is 0 Å². The second-order valence-electron chi connectivity index (χ2n) is 7.69. The van der Waals surface area contributed by atoms with E-state index >= 15 is 0 Å². The number of fused-ring (bicyclic) bond motifs is 1. The molecule has 1 aliphatic rings. The number of rotatable bonds is 7. The Morgan fingerprint density at radius 3 is 2.72 bits per heavy atom. The van der Waals surface area contributed by atoms with Gasteiger partial charge in [0.2, 0.25) is 5.95 Å². The molecule has 4 aromatic heterocycles. The molecule has 9 heteroatoms.